The lowest BCUT2D eigenvalue weighted by Gasteiger charge is -2.44. The van der Waals surface area contributed by atoms with Crippen LogP contribution in [0.25, 0.3) is 0 Å². The Kier molecular flexibility index (Phi) is 6.05. The second-order valence-corrected chi connectivity index (χ2v) is 9.02. The van der Waals surface area contributed by atoms with E-state index in [4.69, 9.17) is 4.74 Å². The van der Waals surface area contributed by atoms with Crippen molar-refractivity contribution >= 4 is 0 Å². The first kappa shape index (κ1) is 19.2. The van der Waals surface area contributed by atoms with E-state index in [0.29, 0.717) is 0 Å². The van der Waals surface area contributed by atoms with E-state index in [1.807, 2.05) is 0 Å². The van der Waals surface area contributed by atoms with Gasteiger partial charge in [0.15, 0.2) is 0 Å². The Morgan fingerprint density at radius 1 is 1.07 bits per heavy atom. The van der Waals surface area contributed by atoms with Gasteiger partial charge >= 0.3 is 0 Å². The van der Waals surface area contributed by atoms with Gasteiger partial charge in [0.05, 0.1) is 5.60 Å². The molecule has 1 N–H and O–H groups in total. The Morgan fingerprint density at radius 3 is 2.59 bits per heavy atom. The molecular formula is C23H36N2O2. The van der Waals surface area contributed by atoms with Crippen LogP contribution in [-0.2, 0) is 6.54 Å². The van der Waals surface area contributed by atoms with Crippen molar-refractivity contribution < 1.29 is 9.84 Å². The standard InChI is InChI=1S/C23H36N2O2/c1-24-17-19-16-20(27-15-14-25-12-6-3-7-13-25)8-9-21(19)22(18-24)23(26)10-4-2-5-11-23/h8-9,16,22,26H,2-7,10-15,17-18H2,1H3. The maximum Gasteiger partial charge on any atom is 0.119 e. The first-order valence-corrected chi connectivity index (χ1v) is 11.0. The van der Waals surface area contributed by atoms with Crippen LogP contribution in [0, 0.1) is 0 Å². The van der Waals surface area contributed by atoms with Gasteiger partial charge in [-0.1, -0.05) is 31.7 Å². The number of hydrogen-bond donors (Lipinski definition) is 1. The fourth-order valence-electron chi connectivity index (χ4n) is 5.36. The van der Waals surface area contributed by atoms with Crippen LogP contribution in [0.3, 0.4) is 0 Å². The first-order valence-electron chi connectivity index (χ1n) is 11.0. The Hall–Kier alpha value is -1.10. The van der Waals surface area contributed by atoms with E-state index in [-0.39, 0.29) is 5.92 Å². The van der Waals surface area contributed by atoms with Crippen molar-refractivity contribution in [1.82, 2.24) is 9.80 Å². The zero-order valence-corrected chi connectivity index (χ0v) is 17.0. The van der Waals surface area contributed by atoms with Crippen LogP contribution in [0.5, 0.6) is 5.75 Å². The quantitative estimate of drug-likeness (QED) is 0.853. The van der Waals surface area contributed by atoms with Gasteiger partial charge in [0, 0.05) is 25.6 Å². The molecule has 4 rings (SSSR count). The first-order chi connectivity index (χ1) is 13.1. The number of likely N-dealkylation sites (tertiary alicyclic amines) is 1. The van der Waals surface area contributed by atoms with Gasteiger partial charge in [0.25, 0.3) is 0 Å². The summed E-state index contributed by atoms with van der Waals surface area (Å²) < 4.78 is 6.09. The minimum Gasteiger partial charge on any atom is -0.492 e. The molecule has 2 fully saturated rings. The fourth-order valence-corrected chi connectivity index (χ4v) is 5.36. The van der Waals surface area contributed by atoms with Gasteiger partial charge < -0.3 is 14.7 Å². The van der Waals surface area contributed by atoms with Crippen LogP contribution in [0.1, 0.15) is 68.4 Å². The van der Waals surface area contributed by atoms with Crippen LogP contribution in [0.15, 0.2) is 18.2 Å². The SMILES string of the molecule is CN1Cc2cc(OCCN3CCCCC3)ccc2C(C2(O)CCCCC2)C1. The molecule has 0 bridgehead atoms. The fraction of sp³-hybridized carbons (Fsp3) is 0.739. The van der Waals surface area contributed by atoms with Crippen LogP contribution in [0.4, 0.5) is 0 Å². The topological polar surface area (TPSA) is 35.9 Å². The van der Waals surface area contributed by atoms with E-state index in [1.165, 1.54) is 49.9 Å². The molecule has 0 aromatic heterocycles. The number of aliphatic hydroxyl groups is 1. The highest BCUT2D eigenvalue weighted by Crippen LogP contribution is 2.44. The van der Waals surface area contributed by atoms with Crippen LogP contribution < -0.4 is 4.74 Å². The molecule has 3 aliphatic rings. The maximum atomic E-state index is 11.4. The summed E-state index contributed by atoms with van der Waals surface area (Å²) in [7, 11) is 2.17. The summed E-state index contributed by atoms with van der Waals surface area (Å²) in [4.78, 5) is 4.88. The number of likely N-dealkylation sites (N-methyl/N-ethyl adjacent to an activating group) is 1. The van der Waals surface area contributed by atoms with Crippen molar-refractivity contribution in [1.29, 1.82) is 0 Å². The van der Waals surface area contributed by atoms with Crippen molar-refractivity contribution in [2.75, 3.05) is 39.8 Å². The van der Waals surface area contributed by atoms with Gasteiger partial charge in [0.1, 0.15) is 12.4 Å². The van der Waals surface area contributed by atoms with E-state index in [0.717, 1.165) is 57.7 Å². The summed E-state index contributed by atoms with van der Waals surface area (Å²) in [6.07, 6.45) is 9.50. The second-order valence-electron chi connectivity index (χ2n) is 9.02. The summed E-state index contributed by atoms with van der Waals surface area (Å²) in [6.45, 7) is 6.14. The van der Waals surface area contributed by atoms with E-state index in [1.54, 1.807) is 0 Å². The highest BCUT2D eigenvalue weighted by Gasteiger charge is 2.41. The molecule has 1 aliphatic carbocycles. The third-order valence-corrected chi connectivity index (χ3v) is 6.92. The normalized spacial score (nSPS) is 26.5. The zero-order valence-electron chi connectivity index (χ0n) is 17.0. The van der Waals surface area contributed by atoms with Gasteiger partial charge in [-0.15, -0.1) is 0 Å². The largest absolute Gasteiger partial charge is 0.492 e. The third kappa shape index (κ3) is 4.49. The number of ether oxygens (including phenoxy) is 1. The summed E-state index contributed by atoms with van der Waals surface area (Å²) >= 11 is 0. The lowest BCUT2D eigenvalue weighted by atomic mass is 9.70. The molecule has 150 valence electrons. The van der Waals surface area contributed by atoms with Crippen molar-refractivity contribution in [2.24, 2.45) is 0 Å². The predicted molar refractivity (Wildman–Crippen MR) is 109 cm³/mol. The average molecular weight is 373 g/mol. The summed E-state index contributed by atoms with van der Waals surface area (Å²) in [5.74, 6) is 1.21. The minimum absolute atomic E-state index is 0.231. The Labute approximate surface area is 164 Å². The average Bonchev–Trinajstić information content (AvgIpc) is 2.68. The smallest absolute Gasteiger partial charge is 0.119 e. The van der Waals surface area contributed by atoms with Crippen LogP contribution >= 0.6 is 0 Å². The molecule has 4 heteroatoms. The summed E-state index contributed by atoms with van der Waals surface area (Å²) in [6, 6.07) is 6.58. The van der Waals surface area contributed by atoms with Crippen molar-refractivity contribution in [2.45, 2.75) is 69.4 Å². The molecule has 4 nitrogen and oxygen atoms in total. The number of rotatable bonds is 5. The van der Waals surface area contributed by atoms with Gasteiger partial charge in [-0.3, -0.25) is 4.90 Å². The molecule has 0 radical (unpaired) electrons. The van der Waals surface area contributed by atoms with E-state index in [9.17, 15) is 5.11 Å². The molecule has 2 aliphatic heterocycles. The monoisotopic (exact) mass is 372 g/mol. The predicted octanol–water partition coefficient (Wildman–Crippen LogP) is 3.78. The zero-order chi connectivity index (χ0) is 18.7. The number of benzene rings is 1. The minimum atomic E-state index is -0.529. The molecule has 1 saturated carbocycles. The molecule has 0 spiro atoms. The highest BCUT2D eigenvalue weighted by atomic mass is 16.5. The third-order valence-electron chi connectivity index (χ3n) is 6.92. The van der Waals surface area contributed by atoms with E-state index in [2.05, 4.69) is 35.0 Å². The summed E-state index contributed by atoms with van der Waals surface area (Å²) in [5.41, 5.74) is 2.15. The molecule has 1 aromatic rings. The molecule has 2 heterocycles. The van der Waals surface area contributed by atoms with Gasteiger partial charge in [-0.25, -0.2) is 0 Å². The molecule has 1 aromatic carbocycles. The van der Waals surface area contributed by atoms with Crippen LogP contribution in [0.2, 0.25) is 0 Å². The number of piperidine rings is 1. The molecular weight excluding hydrogens is 336 g/mol. The molecule has 0 amide bonds. The van der Waals surface area contributed by atoms with Gasteiger partial charge in [-0.05, 0) is 69.1 Å². The number of nitrogens with zero attached hydrogens (tertiary/aromatic N) is 2. The summed E-state index contributed by atoms with van der Waals surface area (Å²) in [5, 5.41) is 11.4. The Morgan fingerprint density at radius 2 is 1.81 bits per heavy atom. The van der Waals surface area contributed by atoms with E-state index < -0.39 is 5.60 Å². The van der Waals surface area contributed by atoms with Gasteiger partial charge in [-0.2, -0.15) is 0 Å². The van der Waals surface area contributed by atoms with Crippen molar-refractivity contribution in [3.05, 3.63) is 29.3 Å². The Bertz CT molecular complexity index is 621. The maximum absolute atomic E-state index is 11.4. The Balaban J connectivity index is 1.43. The lowest BCUT2D eigenvalue weighted by Crippen LogP contribution is -2.46. The highest BCUT2D eigenvalue weighted by molar-refractivity contribution is 5.41. The lowest BCUT2D eigenvalue weighted by molar-refractivity contribution is -0.0333. The molecule has 1 atom stereocenters. The number of fused-ring (bicyclic) bond motifs is 1. The molecule has 27 heavy (non-hydrogen) atoms. The number of hydrogen-bond acceptors (Lipinski definition) is 4. The molecule has 1 saturated heterocycles. The van der Waals surface area contributed by atoms with Crippen molar-refractivity contribution in [3.63, 3.8) is 0 Å². The van der Waals surface area contributed by atoms with Crippen LogP contribution in [-0.4, -0.2) is 60.3 Å². The molecule has 1 unspecified atom stereocenters. The van der Waals surface area contributed by atoms with Gasteiger partial charge in [0.2, 0.25) is 0 Å². The van der Waals surface area contributed by atoms with Crippen molar-refractivity contribution in [3.8, 4) is 5.75 Å². The van der Waals surface area contributed by atoms with E-state index >= 15 is 0 Å². The second kappa shape index (κ2) is 8.50.